The molecule has 0 radical (unpaired) electrons. The highest BCUT2D eigenvalue weighted by atomic mass is 16.5. The van der Waals surface area contributed by atoms with Crippen LogP contribution in [-0.4, -0.2) is 40.2 Å². The summed E-state index contributed by atoms with van der Waals surface area (Å²) in [7, 11) is 0. The van der Waals surface area contributed by atoms with Gasteiger partial charge in [0.05, 0.1) is 30.1 Å². The van der Waals surface area contributed by atoms with Crippen molar-refractivity contribution in [3.05, 3.63) is 42.4 Å². The maximum atomic E-state index is 11.0. The topological polar surface area (TPSA) is 104 Å². The molecule has 0 atom stereocenters. The molecule has 8 nitrogen and oxygen atoms in total. The number of hydrogen-bond acceptors (Lipinski definition) is 6. The summed E-state index contributed by atoms with van der Waals surface area (Å²) >= 11 is 0. The molecule has 8 heteroatoms. The molecule has 0 aliphatic carbocycles. The molecule has 0 aromatic carbocycles. The molecule has 3 aromatic rings. The number of nitrogens with one attached hydrogen (secondary N) is 2. The van der Waals surface area contributed by atoms with Crippen molar-refractivity contribution in [2.75, 3.05) is 25.0 Å². The van der Waals surface area contributed by atoms with Crippen LogP contribution in [0.5, 0.6) is 5.75 Å². The third kappa shape index (κ3) is 4.02. The first-order valence-corrected chi connectivity index (χ1v) is 8.65. The molecule has 3 heterocycles. The van der Waals surface area contributed by atoms with Gasteiger partial charge in [-0.15, -0.1) is 6.42 Å². The van der Waals surface area contributed by atoms with E-state index in [4.69, 9.17) is 11.2 Å². The minimum atomic E-state index is -0.447. The Morgan fingerprint density at radius 2 is 2.21 bits per heavy atom. The molecule has 3 aromatic heterocycles. The van der Waals surface area contributed by atoms with Gasteiger partial charge in [-0.25, -0.2) is 9.50 Å². The predicted molar refractivity (Wildman–Crippen MR) is 105 cm³/mol. The van der Waals surface area contributed by atoms with E-state index in [1.54, 1.807) is 16.9 Å². The molecule has 3 rings (SSSR count). The average molecular weight is 374 g/mol. The Kier molecular flexibility index (Phi) is 5.73. The molecule has 2 N–H and O–H groups in total. The van der Waals surface area contributed by atoms with Gasteiger partial charge in [0.15, 0.2) is 0 Å². The van der Waals surface area contributed by atoms with Crippen LogP contribution >= 0.6 is 0 Å². The van der Waals surface area contributed by atoms with Gasteiger partial charge < -0.3 is 15.4 Å². The molecule has 1 amide bonds. The van der Waals surface area contributed by atoms with Crippen LogP contribution in [-0.2, 0) is 4.79 Å². The predicted octanol–water partition coefficient (Wildman–Crippen LogP) is 1.83. The van der Waals surface area contributed by atoms with Gasteiger partial charge in [0.25, 0.3) is 5.91 Å². The molecule has 0 fully saturated rings. The highest BCUT2D eigenvalue weighted by Crippen LogP contribution is 2.30. The Balaban J connectivity index is 1.84. The molecule has 0 saturated heterocycles. The van der Waals surface area contributed by atoms with Crippen LogP contribution in [0.1, 0.15) is 12.5 Å². The first-order valence-electron chi connectivity index (χ1n) is 8.65. The normalized spacial score (nSPS) is 10.1. The van der Waals surface area contributed by atoms with E-state index in [1.807, 2.05) is 31.0 Å². The number of hydrogen-bond donors (Lipinski definition) is 2. The number of anilines is 1. The lowest BCUT2D eigenvalue weighted by molar-refractivity contribution is -0.115. The number of ether oxygens (including phenoxy) is 1. The van der Waals surface area contributed by atoms with Crippen LogP contribution in [0.3, 0.4) is 0 Å². The summed E-state index contributed by atoms with van der Waals surface area (Å²) in [6.45, 7) is 3.31. The second-order valence-electron chi connectivity index (χ2n) is 5.74. The van der Waals surface area contributed by atoms with Crippen molar-refractivity contribution in [3.8, 4) is 35.3 Å². The molecule has 0 aliphatic heterocycles. The van der Waals surface area contributed by atoms with Gasteiger partial charge in [-0.05, 0) is 31.0 Å². The number of terminal acetylenes is 1. The van der Waals surface area contributed by atoms with Crippen molar-refractivity contribution < 1.29 is 9.53 Å². The zero-order chi connectivity index (χ0) is 19.9. The molecule has 140 valence electrons. The van der Waals surface area contributed by atoms with Crippen molar-refractivity contribution in [2.45, 2.75) is 6.92 Å². The lowest BCUT2D eigenvalue weighted by atomic mass is 10.1. The van der Waals surface area contributed by atoms with E-state index >= 15 is 0 Å². The quantitative estimate of drug-likeness (QED) is 0.483. The number of fused-ring (bicyclic) bond motifs is 1. The van der Waals surface area contributed by atoms with Gasteiger partial charge in [-0.1, -0.05) is 0 Å². The van der Waals surface area contributed by atoms with Crippen LogP contribution in [0.2, 0.25) is 0 Å². The van der Waals surface area contributed by atoms with E-state index in [0.29, 0.717) is 42.3 Å². The van der Waals surface area contributed by atoms with E-state index in [0.717, 1.165) is 11.1 Å². The van der Waals surface area contributed by atoms with Gasteiger partial charge in [0, 0.05) is 30.4 Å². The minimum absolute atomic E-state index is 0.394. The van der Waals surface area contributed by atoms with Crippen molar-refractivity contribution in [2.24, 2.45) is 0 Å². The maximum Gasteiger partial charge on any atom is 0.295 e. The molecule has 0 bridgehead atoms. The fraction of sp³-hybridized carbons (Fsp3) is 0.200. The maximum absolute atomic E-state index is 11.0. The lowest BCUT2D eigenvalue weighted by Crippen LogP contribution is -2.27. The molecule has 0 unspecified atom stereocenters. The van der Waals surface area contributed by atoms with E-state index in [-0.39, 0.29) is 0 Å². The van der Waals surface area contributed by atoms with Crippen LogP contribution in [0.15, 0.2) is 36.8 Å². The Morgan fingerprint density at radius 3 is 2.89 bits per heavy atom. The summed E-state index contributed by atoms with van der Waals surface area (Å²) in [5.74, 6) is 2.86. The summed E-state index contributed by atoms with van der Waals surface area (Å²) in [4.78, 5) is 15.4. The second-order valence-corrected chi connectivity index (χ2v) is 5.74. The van der Waals surface area contributed by atoms with Gasteiger partial charge in [0.2, 0.25) is 0 Å². The SMILES string of the molecule is C#CC(=O)NCCNc1ccc(-c2cc(OCC)cn3ncc(C#N)c23)cn1. The molecular formula is C20H18N6O2. The molecule has 0 aliphatic rings. The van der Waals surface area contributed by atoms with Crippen LogP contribution in [0.25, 0.3) is 16.6 Å². The molecule has 28 heavy (non-hydrogen) atoms. The van der Waals surface area contributed by atoms with E-state index in [9.17, 15) is 10.1 Å². The number of carbonyl (C=O) groups is 1. The lowest BCUT2D eigenvalue weighted by Gasteiger charge is -2.10. The average Bonchev–Trinajstić information content (AvgIpc) is 3.14. The Labute approximate surface area is 162 Å². The van der Waals surface area contributed by atoms with Gasteiger partial charge in [-0.2, -0.15) is 10.4 Å². The monoisotopic (exact) mass is 374 g/mol. The summed E-state index contributed by atoms with van der Waals surface area (Å²) in [5.41, 5.74) is 2.81. The number of rotatable bonds is 7. The number of aromatic nitrogens is 3. The Hall–Kier alpha value is -4.04. The highest BCUT2D eigenvalue weighted by Gasteiger charge is 2.13. The molecule has 0 saturated carbocycles. The fourth-order valence-corrected chi connectivity index (χ4v) is 2.72. The number of carbonyl (C=O) groups excluding carboxylic acids is 1. The number of amides is 1. The van der Waals surface area contributed by atoms with E-state index in [2.05, 4.69) is 26.8 Å². The van der Waals surface area contributed by atoms with Crippen LogP contribution in [0.4, 0.5) is 5.82 Å². The number of pyridine rings is 2. The van der Waals surface area contributed by atoms with Crippen molar-refractivity contribution in [1.29, 1.82) is 5.26 Å². The van der Waals surface area contributed by atoms with Crippen molar-refractivity contribution >= 4 is 17.2 Å². The zero-order valence-corrected chi connectivity index (χ0v) is 15.3. The standard InChI is InChI=1S/C20H18N6O2/c1-3-19(27)23-8-7-22-18-6-5-14(11-24-18)17-9-16(28-4-2)13-26-20(17)15(10-21)12-25-26/h1,5-6,9,11-13H,4,7-8H2,2H3,(H,22,24)(H,23,27). The van der Waals surface area contributed by atoms with Crippen molar-refractivity contribution in [3.63, 3.8) is 0 Å². The summed E-state index contributed by atoms with van der Waals surface area (Å²) in [5, 5.41) is 19.3. The van der Waals surface area contributed by atoms with E-state index < -0.39 is 5.91 Å². The van der Waals surface area contributed by atoms with Gasteiger partial charge >= 0.3 is 0 Å². The summed E-state index contributed by atoms with van der Waals surface area (Å²) < 4.78 is 7.25. The minimum Gasteiger partial charge on any atom is -0.492 e. The largest absolute Gasteiger partial charge is 0.492 e. The fourth-order valence-electron chi connectivity index (χ4n) is 2.72. The summed E-state index contributed by atoms with van der Waals surface area (Å²) in [6.07, 6.45) is 9.98. The van der Waals surface area contributed by atoms with Crippen LogP contribution < -0.4 is 15.4 Å². The Bertz CT molecular complexity index is 1070. The van der Waals surface area contributed by atoms with Gasteiger partial charge in [-0.3, -0.25) is 4.79 Å². The summed E-state index contributed by atoms with van der Waals surface area (Å²) in [6, 6.07) is 7.76. The molecular weight excluding hydrogens is 356 g/mol. The molecule has 0 spiro atoms. The highest BCUT2D eigenvalue weighted by molar-refractivity contribution is 5.92. The Morgan fingerprint density at radius 1 is 1.36 bits per heavy atom. The first kappa shape index (κ1) is 18.7. The van der Waals surface area contributed by atoms with Gasteiger partial charge in [0.1, 0.15) is 17.6 Å². The first-order chi connectivity index (χ1) is 13.7. The zero-order valence-electron chi connectivity index (χ0n) is 15.3. The van der Waals surface area contributed by atoms with Crippen LogP contribution in [0, 0.1) is 23.7 Å². The third-order valence-electron chi connectivity index (χ3n) is 3.94. The number of nitriles is 1. The smallest absolute Gasteiger partial charge is 0.295 e. The van der Waals surface area contributed by atoms with E-state index in [1.165, 1.54) is 6.20 Å². The third-order valence-corrected chi connectivity index (χ3v) is 3.94. The van der Waals surface area contributed by atoms with Crippen molar-refractivity contribution in [1.82, 2.24) is 19.9 Å². The number of nitrogens with zero attached hydrogens (tertiary/aromatic N) is 4. The second kappa shape index (κ2) is 8.56.